The Morgan fingerprint density at radius 1 is 0.909 bits per heavy atom. The van der Waals surface area contributed by atoms with Crippen LogP contribution in [0.2, 0.25) is 10.0 Å². The molecule has 0 unspecified atom stereocenters. The van der Waals surface area contributed by atoms with E-state index in [4.69, 9.17) is 59.8 Å². The summed E-state index contributed by atoms with van der Waals surface area (Å²) < 4.78 is 79.1. The van der Waals surface area contributed by atoms with Crippen LogP contribution < -0.4 is 31.2 Å². The number of hydrogen-bond acceptors (Lipinski definition) is 18. The van der Waals surface area contributed by atoms with Crippen LogP contribution in [0, 0.1) is 24.2 Å². The average molecular weight is 996 g/mol. The van der Waals surface area contributed by atoms with Gasteiger partial charge in [-0.3, -0.25) is 56.9 Å². The number of aromatic nitrogens is 6. The maximum absolute atomic E-state index is 14.9. The van der Waals surface area contributed by atoms with E-state index in [1.165, 1.54) is 72.5 Å². The van der Waals surface area contributed by atoms with E-state index < -0.39 is 94.4 Å². The second-order valence-corrected chi connectivity index (χ2v) is 19.0. The molecule has 8 atom stereocenters. The van der Waals surface area contributed by atoms with Gasteiger partial charge in [0.25, 0.3) is 11.1 Å². The molecule has 2 aliphatic heterocycles. The van der Waals surface area contributed by atoms with Crippen LogP contribution in [0.5, 0.6) is 11.5 Å². The molecule has 1 amide bonds. The summed E-state index contributed by atoms with van der Waals surface area (Å²) in [5.74, 6) is -0.997. The van der Waals surface area contributed by atoms with Crippen molar-refractivity contribution in [3.8, 4) is 17.6 Å². The Hall–Kier alpha value is -5.21. The van der Waals surface area contributed by atoms with Crippen LogP contribution in [0.4, 0.5) is 5.95 Å². The van der Waals surface area contributed by atoms with Crippen LogP contribution in [0.15, 0.2) is 75.4 Å². The molecule has 7 rings (SSSR count). The van der Waals surface area contributed by atoms with Gasteiger partial charge in [0.2, 0.25) is 11.9 Å². The van der Waals surface area contributed by atoms with E-state index in [0.717, 1.165) is 4.57 Å². The smallest absolute Gasteiger partial charge is 0.404 e. The molecule has 27 heteroatoms. The van der Waals surface area contributed by atoms with E-state index in [2.05, 4.69) is 25.3 Å². The fraction of sp³-hybridized carbons (Fsp3) is 0.410. The first-order valence-corrected chi connectivity index (χ1v) is 23.8. The van der Waals surface area contributed by atoms with E-state index in [1.807, 2.05) is 6.07 Å². The van der Waals surface area contributed by atoms with Gasteiger partial charge in [0.05, 0.1) is 38.6 Å². The fourth-order valence-corrected chi connectivity index (χ4v) is 9.72. The monoisotopic (exact) mass is 994 g/mol. The van der Waals surface area contributed by atoms with Crippen LogP contribution in [-0.4, -0.2) is 84.3 Å². The van der Waals surface area contributed by atoms with Crippen molar-refractivity contribution < 1.29 is 55.6 Å². The van der Waals surface area contributed by atoms with Gasteiger partial charge >= 0.3 is 21.3 Å². The van der Waals surface area contributed by atoms with Gasteiger partial charge in [-0.05, 0) is 55.5 Å². The lowest BCUT2D eigenvalue weighted by Gasteiger charge is -2.27. The van der Waals surface area contributed by atoms with Crippen LogP contribution in [0.25, 0.3) is 11.2 Å². The number of phosphoric ester groups is 2. The molecule has 5 aromatic rings. The van der Waals surface area contributed by atoms with Crippen molar-refractivity contribution in [1.82, 2.24) is 29.1 Å². The number of amides is 1. The summed E-state index contributed by atoms with van der Waals surface area (Å²) in [7, 11) is -9.55. The molecule has 66 heavy (non-hydrogen) atoms. The number of aromatic amines is 2. The molecular weight excluding hydrogens is 953 g/mol. The Kier molecular flexibility index (Phi) is 15.3. The van der Waals surface area contributed by atoms with Crippen molar-refractivity contribution in [3.05, 3.63) is 108 Å². The molecule has 2 aliphatic rings. The molecule has 0 radical (unpaired) electrons. The summed E-state index contributed by atoms with van der Waals surface area (Å²) in [5.41, 5.74) is -2.07. The third-order valence-electron chi connectivity index (χ3n) is 9.96. The molecule has 0 spiro atoms. The second kappa shape index (κ2) is 20.8. The number of hydrogen-bond donors (Lipinski definition) is 4. The van der Waals surface area contributed by atoms with Crippen LogP contribution >= 0.6 is 38.8 Å². The number of anilines is 1. The quantitative estimate of drug-likeness (QED) is 0.0583. The minimum atomic E-state index is -4.88. The third-order valence-corrected chi connectivity index (χ3v) is 13.4. The largest absolute Gasteiger partial charge is 0.530 e. The maximum Gasteiger partial charge on any atom is 0.530 e. The number of nitrogens with one attached hydrogen (secondary N) is 3. The molecule has 0 aliphatic carbocycles. The van der Waals surface area contributed by atoms with Crippen molar-refractivity contribution in [2.75, 3.05) is 25.1 Å². The lowest BCUT2D eigenvalue weighted by Crippen LogP contribution is -2.33. The molecular formula is C39H42Cl2N8O15P2. The zero-order valence-corrected chi connectivity index (χ0v) is 38.4. The number of imidazole rings is 1. The number of rotatable bonds is 19. The maximum atomic E-state index is 14.9. The first kappa shape index (κ1) is 48.7. The number of carbonyl (C=O) groups is 1. The standard InChI is InChI=1S/C39H42Cl2N8O15P2/c1-21(2)35(51)45-38-44-34-33(37(53)46-38)43-20-49(34)32-15-27(29(18-50)59-32)63-66(56,62-26-11-7-24(41)8-12-26)58-19-30-28(16-31(60-30)48-17-22(3)36(52)47-39(48)54)64-65(55,57-14-4-13-42)61-25-9-5-23(40)6-10-25/h5-12,17,20-21,27-32,50H,4,14-16,18-19H2,1-3H3,(H,47,52,54)(H2,44,45,46,51,53)/t27-,28+,29-,30+,31+,32+,65-,66-/m1/s1. The number of phosphoric acid groups is 2. The lowest BCUT2D eigenvalue weighted by molar-refractivity contribution is -0.118. The summed E-state index contributed by atoms with van der Waals surface area (Å²) in [5, 5.41) is 22.8. The number of nitriles is 1. The molecule has 0 bridgehead atoms. The number of fused-ring (bicyclic) bond motifs is 1. The minimum Gasteiger partial charge on any atom is -0.404 e. The highest BCUT2D eigenvalue weighted by atomic mass is 35.5. The Morgan fingerprint density at radius 3 is 2.08 bits per heavy atom. The van der Waals surface area contributed by atoms with Gasteiger partial charge in [-0.2, -0.15) is 10.2 Å². The zero-order chi connectivity index (χ0) is 47.3. The highest BCUT2D eigenvalue weighted by Crippen LogP contribution is 2.56. The van der Waals surface area contributed by atoms with Gasteiger partial charge in [0.1, 0.15) is 48.4 Å². The highest BCUT2D eigenvalue weighted by Gasteiger charge is 2.48. The number of benzene rings is 2. The van der Waals surface area contributed by atoms with Crippen molar-refractivity contribution in [2.24, 2.45) is 5.92 Å². The van der Waals surface area contributed by atoms with Crippen LogP contribution in [0.3, 0.4) is 0 Å². The lowest BCUT2D eigenvalue weighted by atomic mass is 10.2. The fourth-order valence-electron chi connectivity index (χ4n) is 6.64. The highest BCUT2D eigenvalue weighted by molar-refractivity contribution is 7.49. The number of ether oxygens (including phenoxy) is 2. The van der Waals surface area contributed by atoms with E-state index in [0.29, 0.717) is 10.0 Å². The number of H-pyrrole nitrogens is 2. The molecule has 0 saturated carbocycles. The number of nitrogens with zero attached hydrogens (tertiary/aromatic N) is 5. The number of halogens is 2. The van der Waals surface area contributed by atoms with Gasteiger partial charge in [-0.15, -0.1) is 0 Å². The Bertz CT molecular complexity index is 2870. The summed E-state index contributed by atoms with van der Waals surface area (Å²) in [6.07, 6.45) is -5.46. The first-order chi connectivity index (χ1) is 31.4. The molecule has 2 fully saturated rings. The Morgan fingerprint density at radius 2 is 1.48 bits per heavy atom. The number of aliphatic hydroxyl groups excluding tert-OH is 1. The predicted molar refractivity (Wildman–Crippen MR) is 233 cm³/mol. The summed E-state index contributed by atoms with van der Waals surface area (Å²) >= 11 is 12.1. The Balaban J connectivity index is 1.18. The molecule has 2 aromatic carbocycles. The van der Waals surface area contributed by atoms with Gasteiger partial charge in [-0.1, -0.05) is 37.0 Å². The van der Waals surface area contributed by atoms with Gasteiger partial charge in [-0.25, -0.2) is 18.9 Å². The summed E-state index contributed by atoms with van der Waals surface area (Å²) in [6, 6.07) is 13.3. The van der Waals surface area contributed by atoms with Crippen LogP contribution in [0.1, 0.15) is 51.1 Å². The normalized spacial score (nSPS) is 22.5. The minimum absolute atomic E-state index is 0.0155. The number of carbonyl (C=O) groups excluding carboxylic acids is 1. The number of aliphatic hydroxyl groups is 1. The molecule has 23 nitrogen and oxygen atoms in total. The first-order valence-electron chi connectivity index (χ1n) is 20.1. The second-order valence-electron chi connectivity index (χ2n) is 15.1. The van der Waals surface area contributed by atoms with Crippen LogP contribution in [-0.2, 0) is 41.5 Å². The summed E-state index contributed by atoms with van der Waals surface area (Å²) in [6.45, 7) is 3.02. The van der Waals surface area contributed by atoms with Crippen molar-refractivity contribution in [1.29, 1.82) is 5.26 Å². The molecule has 3 aromatic heterocycles. The van der Waals surface area contributed by atoms with Crippen molar-refractivity contribution >= 4 is 61.9 Å². The SMILES string of the molecule is Cc1cn([C@@H]2C[C@H](O[P@](=O)(OCCC#N)Oc3ccc(Cl)cc3)[C@H](CO[P@](=O)(Oc3ccc(Cl)cc3)O[C@@H]3C[C@@H](n4cnc5c(=O)[nH]c(NC(=O)C(C)C)nc54)O[C@@H]3CO)O2)c(=O)[nH]c1=O. The zero-order valence-electron chi connectivity index (χ0n) is 35.1. The topological polar surface area (TPSA) is 300 Å². The molecule has 5 heterocycles. The van der Waals surface area contributed by atoms with Gasteiger partial charge < -0.3 is 23.6 Å². The molecule has 2 saturated heterocycles. The van der Waals surface area contributed by atoms with E-state index in [9.17, 15) is 38.7 Å². The Labute approximate surface area is 384 Å². The van der Waals surface area contributed by atoms with E-state index in [1.54, 1.807) is 13.8 Å². The predicted octanol–water partition coefficient (Wildman–Crippen LogP) is 5.54. The summed E-state index contributed by atoms with van der Waals surface area (Å²) in [4.78, 5) is 63.8. The van der Waals surface area contributed by atoms with Gasteiger partial charge in [0, 0.05) is 40.6 Å². The average Bonchev–Trinajstić information content (AvgIpc) is 4.00. The van der Waals surface area contributed by atoms with E-state index >= 15 is 0 Å². The third kappa shape index (κ3) is 11.7. The molecule has 352 valence electrons. The van der Waals surface area contributed by atoms with E-state index in [-0.39, 0.29) is 60.0 Å². The molecule has 4 N–H and O–H groups in total. The van der Waals surface area contributed by atoms with Crippen molar-refractivity contribution in [2.45, 2.75) is 76.9 Å². The van der Waals surface area contributed by atoms with Gasteiger partial charge in [0.15, 0.2) is 11.2 Å². The number of aryl methyl sites for hydroxylation is 1. The van der Waals surface area contributed by atoms with Crippen molar-refractivity contribution in [3.63, 3.8) is 0 Å².